The normalized spacial score (nSPS) is 26.8. The molecule has 0 bridgehead atoms. The molecule has 1 aromatic carbocycles. The molecule has 100 valence electrons. The van der Waals surface area contributed by atoms with E-state index in [2.05, 4.69) is 30.1 Å². The van der Waals surface area contributed by atoms with Gasteiger partial charge < -0.3 is 9.64 Å². The molecule has 0 saturated carbocycles. The standard InChI is InChI=1S/C15H21NO.BrH/c1-16-9-3-7-15(16)8-6-12-10-14(17-2)5-4-13(12)11-15;/h4-5,10H,3,6-9,11H2,1-2H3;1H. The predicted molar refractivity (Wildman–Crippen MR) is 79.9 cm³/mol. The summed E-state index contributed by atoms with van der Waals surface area (Å²) in [6, 6.07) is 6.59. The van der Waals surface area contributed by atoms with Gasteiger partial charge in [-0.25, -0.2) is 0 Å². The van der Waals surface area contributed by atoms with Gasteiger partial charge in [0.15, 0.2) is 0 Å². The SMILES string of the molecule is Br.COc1ccc2c(c1)CCC1(CCCN1C)C2. The van der Waals surface area contributed by atoms with Gasteiger partial charge in [0, 0.05) is 5.54 Å². The Balaban J connectivity index is 0.00000120. The van der Waals surface area contributed by atoms with Crippen LogP contribution in [-0.2, 0) is 12.8 Å². The molecule has 1 aliphatic carbocycles. The van der Waals surface area contributed by atoms with Gasteiger partial charge in [-0.15, -0.1) is 17.0 Å². The van der Waals surface area contributed by atoms with Gasteiger partial charge in [0.1, 0.15) is 5.75 Å². The summed E-state index contributed by atoms with van der Waals surface area (Å²) < 4.78 is 5.31. The first-order valence-electron chi connectivity index (χ1n) is 6.61. The van der Waals surface area contributed by atoms with Crippen molar-refractivity contribution >= 4 is 17.0 Å². The summed E-state index contributed by atoms with van der Waals surface area (Å²) >= 11 is 0. The average Bonchev–Trinajstić information content (AvgIpc) is 2.70. The fourth-order valence-electron chi connectivity index (χ4n) is 3.56. The Morgan fingerprint density at radius 3 is 2.72 bits per heavy atom. The number of likely N-dealkylation sites (tertiary alicyclic amines) is 1. The van der Waals surface area contributed by atoms with Gasteiger partial charge in [0.2, 0.25) is 0 Å². The van der Waals surface area contributed by atoms with Crippen molar-refractivity contribution in [1.29, 1.82) is 0 Å². The fourth-order valence-corrected chi connectivity index (χ4v) is 3.56. The number of likely N-dealkylation sites (N-methyl/N-ethyl adjacent to an activating group) is 1. The number of hydrogen-bond donors (Lipinski definition) is 0. The van der Waals surface area contributed by atoms with Crippen molar-refractivity contribution in [2.75, 3.05) is 20.7 Å². The van der Waals surface area contributed by atoms with E-state index in [1.807, 2.05) is 0 Å². The highest BCUT2D eigenvalue weighted by molar-refractivity contribution is 8.93. The molecule has 1 saturated heterocycles. The lowest BCUT2D eigenvalue weighted by Gasteiger charge is -2.40. The van der Waals surface area contributed by atoms with E-state index in [-0.39, 0.29) is 17.0 Å². The van der Waals surface area contributed by atoms with Crippen LogP contribution in [0.25, 0.3) is 0 Å². The second-order valence-corrected chi connectivity index (χ2v) is 5.56. The van der Waals surface area contributed by atoms with Crippen LogP contribution in [0, 0.1) is 0 Å². The van der Waals surface area contributed by atoms with E-state index in [1.165, 1.54) is 49.8 Å². The van der Waals surface area contributed by atoms with E-state index >= 15 is 0 Å². The molecule has 1 spiro atoms. The topological polar surface area (TPSA) is 12.5 Å². The number of halogens is 1. The van der Waals surface area contributed by atoms with Crippen molar-refractivity contribution in [2.45, 2.75) is 37.6 Å². The Morgan fingerprint density at radius 1 is 1.22 bits per heavy atom. The minimum atomic E-state index is 0. The summed E-state index contributed by atoms with van der Waals surface area (Å²) in [4.78, 5) is 2.58. The molecule has 0 aromatic heterocycles. The monoisotopic (exact) mass is 311 g/mol. The van der Waals surface area contributed by atoms with E-state index in [1.54, 1.807) is 7.11 Å². The lowest BCUT2D eigenvalue weighted by atomic mass is 9.76. The van der Waals surface area contributed by atoms with Gasteiger partial charge >= 0.3 is 0 Å². The maximum Gasteiger partial charge on any atom is 0.119 e. The molecule has 0 radical (unpaired) electrons. The molecule has 0 amide bonds. The van der Waals surface area contributed by atoms with Gasteiger partial charge in [-0.05, 0) is 69.0 Å². The van der Waals surface area contributed by atoms with E-state index in [4.69, 9.17) is 4.74 Å². The minimum absolute atomic E-state index is 0. The lowest BCUT2D eigenvalue weighted by molar-refractivity contribution is 0.152. The average molecular weight is 312 g/mol. The highest BCUT2D eigenvalue weighted by atomic mass is 79.9. The molecule has 0 N–H and O–H groups in total. The molecule has 3 heteroatoms. The van der Waals surface area contributed by atoms with Gasteiger partial charge in [-0.2, -0.15) is 0 Å². The molecule has 1 unspecified atom stereocenters. The number of ether oxygens (including phenoxy) is 1. The van der Waals surface area contributed by atoms with Crippen molar-refractivity contribution in [1.82, 2.24) is 4.90 Å². The zero-order chi connectivity index (χ0) is 11.9. The zero-order valence-corrected chi connectivity index (χ0v) is 13.0. The molecular formula is C15H22BrNO. The third kappa shape index (κ3) is 2.19. The lowest BCUT2D eigenvalue weighted by Crippen LogP contribution is -2.45. The largest absolute Gasteiger partial charge is 0.497 e. The zero-order valence-electron chi connectivity index (χ0n) is 11.2. The number of hydrogen-bond acceptors (Lipinski definition) is 2. The van der Waals surface area contributed by atoms with Crippen LogP contribution in [0.1, 0.15) is 30.4 Å². The van der Waals surface area contributed by atoms with E-state index in [9.17, 15) is 0 Å². The molecular weight excluding hydrogens is 290 g/mol. The second kappa shape index (κ2) is 5.22. The first kappa shape index (κ1) is 13.9. The second-order valence-electron chi connectivity index (χ2n) is 5.56. The maximum atomic E-state index is 5.31. The van der Waals surface area contributed by atoms with Gasteiger partial charge in [0.25, 0.3) is 0 Å². The molecule has 1 heterocycles. The summed E-state index contributed by atoms with van der Waals surface area (Å²) in [7, 11) is 4.04. The summed E-state index contributed by atoms with van der Waals surface area (Å²) in [5.74, 6) is 1.000. The molecule has 3 rings (SSSR count). The molecule has 1 aromatic rings. The Bertz CT molecular complexity index is 435. The summed E-state index contributed by atoms with van der Waals surface area (Å²) in [5.41, 5.74) is 3.49. The molecule has 1 fully saturated rings. The molecule has 1 aliphatic heterocycles. The number of nitrogens with zero attached hydrogens (tertiary/aromatic N) is 1. The first-order valence-corrected chi connectivity index (χ1v) is 6.61. The highest BCUT2D eigenvalue weighted by Gasteiger charge is 2.40. The Hall–Kier alpha value is -0.540. The third-order valence-corrected chi connectivity index (χ3v) is 4.74. The smallest absolute Gasteiger partial charge is 0.119 e. The van der Waals surface area contributed by atoms with Crippen LogP contribution < -0.4 is 4.74 Å². The van der Waals surface area contributed by atoms with Crippen molar-refractivity contribution < 1.29 is 4.74 Å². The van der Waals surface area contributed by atoms with Gasteiger partial charge in [-0.3, -0.25) is 0 Å². The van der Waals surface area contributed by atoms with Crippen LogP contribution in [0.3, 0.4) is 0 Å². The van der Waals surface area contributed by atoms with Crippen molar-refractivity contribution in [2.24, 2.45) is 0 Å². The van der Waals surface area contributed by atoms with Crippen LogP contribution in [0.2, 0.25) is 0 Å². The first-order chi connectivity index (χ1) is 8.23. The Kier molecular flexibility index (Phi) is 4.02. The van der Waals surface area contributed by atoms with E-state index in [0.717, 1.165) is 5.75 Å². The van der Waals surface area contributed by atoms with Crippen LogP contribution in [0.15, 0.2) is 18.2 Å². The van der Waals surface area contributed by atoms with Crippen molar-refractivity contribution in [3.8, 4) is 5.75 Å². The van der Waals surface area contributed by atoms with Gasteiger partial charge in [-0.1, -0.05) is 6.07 Å². The summed E-state index contributed by atoms with van der Waals surface area (Å²) in [5, 5.41) is 0. The maximum absolute atomic E-state index is 5.31. The van der Waals surface area contributed by atoms with Crippen LogP contribution in [0.5, 0.6) is 5.75 Å². The summed E-state index contributed by atoms with van der Waals surface area (Å²) in [6.45, 7) is 1.27. The van der Waals surface area contributed by atoms with Crippen LogP contribution >= 0.6 is 17.0 Å². The number of fused-ring (bicyclic) bond motifs is 1. The summed E-state index contributed by atoms with van der Waals surface area (Å²) in [6.07, 6.45) is 6.47. The molecule has 2 aliphatic rings. The molecule has 18 heavy (non-hydrogen) atoms. The molecule has 2 nitrogen and oxygen atoms in total. The quantitative estimate of drug-likeness (QED) is 0.789. The van der Waals surface area contributed by atoms with E-state index < -0.39 is 0 Å². The van der Waals surface area contributed by atoms with Crippen molar-refractivity contribution in [3.05, 3.63) is 29.3 Å². The number of benzene rings is 1. The predicted octanol–water partition coefficient (Wildman–Crippen LogP) is 3.23. The van der Waals surface area contributed by atoms with E-state index in [0.29, 0.717) is 5.54 Å². The number of rotatable bonds is 1. The Labute approximate surface area is 120 Å². The number of methoxy groups -OCH3 is 1. The Morgan fingerprint density at radius 2 is 2.06 bits per heavy atom. The number of aryl methyl sites for hydroxylation is 1. The van der Waals surface area contributed by atoms with Crippen LogP contribution in [0.4, 0.5) is 0 Å². The van der Waals surface area contributed by atoms with Gasteiger partial charge in [0.05, 0.1) is 7.11 Å². The van der Waals surface area contributed by atoms with Crippen LogP contribution in [-0.4, -0.2) is 31.1 Å². The minimum Gasteiger partial charge on any atom is -0.497 e. The molecule has 1 atom stereocenters. The fraction of sp³-hybridized carbons (Fsp3) is 0.600. The highest BCUT2D eigenvalue weighted by Crippen LogP contribution is 2.40. The van der Waals surface area contributed by atoms with Crippen molar-refractivity contribution in [3.63, 3.8) is 0 Å². The third-order valence-electron chi connectivity index (χ3n) is 4.74.